The minimum atomic E-state index is 0. The van der Waals surface area contributed by atoms with E-state index in [0.717, 1.165) is 12.8 Å². The molecule has 1 saturated carbocycles. The second kappa shape index (κ2) is 9.41. The van der Waals surface area contributed by atoms with Gasteiger partial charge in [-0.3, -0.25) is 4.79 Å². The number of methoxy groups -OCH3 is 2. The van der Waals surface area contributed by atoms with Gasteiger partial charge < -0.3 is 9.47 Å². The van der Waals surface area contributed by atoms with Gasteiger partial charge in [0.15, 0.2) is 17.0 Å². The van der Waals surface area contributed by atoms with Crippen LogP contribution in [0.25, 0.3) is 0 Å². The molecule has 2 rings (SSSR count). The van der Waals surface area contributed by atoms with E-state index in [9.17, 15) is 4.79 Å². The molecule has 0 heterocycles. The van der Waals surface area contributed by atoms with E-state index < -0.39 is 0 Å². The first-order chi connectivity index (χ1) is 10.1. The molecule has 22 heavy (non-hydrogen) atoms. The maximum absolute atomic E-state index is 12.7. The predicted molar refractivity (Wildman–Crippen MR) is 94.8 cm³/mol. The molecule has 0 amide bonds. The molecule has 0 N–H and O–H groups in total. The van der Waals surface area contributed by atoms with E-state index in [1.54, 1.807) is 6.07 Å². The van der Waals surface area contributed by atoms with Crippen LogP contribution in [0.15, 0.2) is 6.07 Å². The Balaban J connectivity index is 0.00000242. The SMILES string of the molecule is COc1c(Cl)cc(Cl)c(OC)c1C(=O)PC1CCCCC1.[Li]. The van der Waals surface area contributed by atoms with Crippen molar-refractivity contribution in [2.75, 3.05) is 14.2 Å². The molecule has 3 nitrogen and oxygen atoms in total. The van der Waals surface area contributed by atoms with Gasteiger partial charge in [-0.15, -0.1) is 0 Å². The first-order valence-corrected chi connectivity index (χ1v) is 8.82. The molecule has 1 fully saturated rings. The Labute approximate surface area is 155 Å². The summed E-state index contributed by atoms with van der Waals surface area (Å²) in [6.45, 7) is 0. The quantitative estimate of drug-likeness (QED) is 0.563. The van der Waals surface area contributed by atoms with Crippen LogP contribution in [0.4, 0.5) is 0 Å². The summed E-state index contributed by atoms with van der Waals surface area (Å²) in [7, 11) is 3.20. The molecule has 0 aliphatic heterocycles. The smallest absolute Gasteiger partial charge is 0.188 e. The van der Waals surface area contributed by atoms with Crippen LogP contribution in [0.2, 0.25) is 10.0 Å². The molecular formula is C15H19Cl2LiO3P. The molecule has 1 atom stereocenters. The number of ether oxygens (including phenoxy) is 2. The molecule has 117 valence electrons. The van der Waals surface area contributed by atoms with Crippen molar-refractivity contribution in [1.29, 1.82) is 0 Å². The van der Waals surface area contributed by atoms with Gasteiger partial charge in [-0.1, -0.05) is 42.5 Å². The van der Waals surface area contributed by atoms with E-state index in [1.165, 1.54) is 33.5 Å². The molecule has 0 saturated heterocycles. The summed E-state index contributed by atoms with van der Waals surface area (Å²) >= 11 is 12.3. The summed E-state index contributed by atoms with van der Waals surface area (Å²) in [5.74, 6) is 0.706. The summed E-state index contributed by atoms with van der Waals surface area (Å²) in [5.41, 5.74) is 0.847. The zero-order valence-corrected chi connectivity index (χ0v) is 15.7. The van der Waals surface area contributed by atoms with Crippen molar-refractivity contribution in [3.05, 3.63) is 21.7 Å². The Morgan fingerprint density at radius 2 is 1.59 bits per heavy atom. The van der Waals surface area contributed by atoms with Crippen molar-refractivity contribution >= 4 is 56.2 Å². The van der Waals surface area contributed by atoms with Crippen molar-refractivity contribution < 1.29 is 14.3 Å². The van der Waals surface area contributed by atoms with Gasteiger partial charge in [0.1, 0.15) is 5.56 Å². The van der Waals surface area contributed by atoms with E-state index in [4.69, 9.17) is 32.7 Å². The number of hydrogen-bond acceptors (Lipinski definition) is 3. The molecule has 0 spiro atoms. The second-order valence-corrected chi connectivity index (χ2v) is 7.46. The number of benzene rings is 1. The molecule has 1 aliphatic rings. The fraction of sp³-hybridized carbons (Fsp3) is 0.533. The molecule has 1 aromatic carbocycles. The maximum atomic E-state index is 12.7. The van der Waals surface area contributed by atoms with E-state index >= 15 is 0 Å². The zero-order valence-electron chi connectivity index (χ0n) is 13.2. The largest absolute Gasteiger partial charge is 0.494 e. The van der Waals surface area contributed by atoms with Crippen LogP contribution in [-0.4, -0.2) is 44.3 Å². The number of hydrogen-bond donors (Lipinski definition) is 0. The molecule has 1 aromatic rings. The van der Waals surface area contributed by atoms with Crippen molar-refractivity contribution in [3.63, 3.8) is 0 Å². The van der Waals surface area contributed by atoms with Crippen LogP contribution in [-0.2, 0) is 0 Å². The molecule has 1 unspecified atom stereocenters. The third-order valence-corrected chi connectivity index (χ3v) is 5.78. The Hall–Kier alpha value is 0.0974. The Kier molecular flexibility index (Phi) is 8.61. The Morgan fingerprint density at radius 1 is 1.09 bits per heavy atom. The first kappa shape index (κ1) is 20.1. The topological polar surface area (TPSA) is 35.5 Å². The van der Waals surface area contributed by atoms with Crippen LogP contribution in [0, 0.1) is 0 Å². The van der Waals surface area contributed by atoms with Crippen molar-refractivity contribution in [3.8, 4) is 11.5 Å². The average molecular weight is 356 g/mol. The van der Waals surface area contributed by atoms with Crippen LogP contribution in [0.1, 0.15) is 42.5 Å². The summed E-state index contributed by atoms with van der Waals surface area (Å²) < 4.78 is 10.6. The van der Waals surface area contributed by atoms with Crippen molar-refractivity contribution in [2.24, 2.45) is 0 Å². The predicted octanol–water partition coefficient (Wildman–Crippen LogP) is 4.78. The van der Waals surface area contributed by atoms with Crippen LogP contribution in [0.5, 0.6) is 11.5 Å². The van der Waals surface area contributed by atoms with E-state index in [1.807, 2.05) is 0 Å². The van der Waals surface area contributed by atoms with Crippen molar-refractivity contribution in [2.45, 2.75) is 37.8 Å². The van der Waals surface area contributed by atoms with Crippen LogP contribution in [0.3, 0.4) is 0 Å². The number of carbonyl (C=O) groups excluding carboxylic acids is 1. The molecule has 1 aliphatic carbocycles. The fourth-order valence-electron chi connectivity index (χ4n) is 2.69. The van der Waals surface area contributed by atoms with Gasteiger partial charge in [-0.2, -0.15) is 0 Å². The van der Waals surface area contributed by atoms with E-state index in [-0.39, 0.29) is 33.0 Å². The number of carbonyl (C=O) groups is 1. The van der Waals surface area contributed by atoms with Crippen molar-refractivity contribution in [1.82, 2.24) is 0 Å². The van der Waals surface area contributed by atoms with Crippen LogP contribution >= 0.6 is 31.8 Å². The Bertz CT molecular complexity index is 506. The molecule has 0 bridgehead atoms. The van der Waals surface area contributed by atoms with Gasteiger partial charge in [-0.05, 0) is 33.1 Å². The summed E-state index contributed by atoms with van der Waals surface area (Å²) in [6.07, 6.45) is 5.90. The van der Waals surface area contributed by atoms with Gasteiger partial charge >= 0.3 is 0 Å². The standard InChI is InChI=1S/C15H19Cl2O3P.Li/c1-19-13-10(16)8-11(17)14(20-2)12(13)15(18)21-9-6-4-3-5-7-9;/h8-9,21H,3-7H2,1-2H3;. The van der Waals surface area contributed by atoms with Gasteiger partial charge in [-0.25, -0.2) is 0 Å². The molecule has 0 aromatic heterocycles. The minimum Gasteiger partial charge on any atom is -0.494 e. The van der Waals surface area contributed by atoms with Gasteiger partial charge in [0.2, 0.25) is 0 Å². The fourth-order valence-corrected chi connectivity index (χ4v) is 4.75. The van der Waals surface area contributed by atoms with E-state index in [0.29, 0.717) is 32.8 Å². The maximum Gasteiger partial charge on any atom is 0.188 e. The molecular weight excluding hydrogens is 337 g/mol. The van der Waals surface area contributed by atoms with Gasteiger partial charge in [0.05, 0.1) is 24.3 Å². The summed E-state index contributed by atoms with van der Waals surface area (Å²) in [6, 6.07) is 1.54. The summed E-state index contributed by atoms with van der Waals surface area (Å²) in [5, 5.41) is 0.667. The monoisotopic (exact) mass is 355 g/mol. The third-order valence-electron chi connectivity index (χ3n) is 3.72. The molecule has 7 heteroatoms. The van der Waals surface area contributed by atoms with E-state index in [2.05, 4.69) is 0 Å². The zero-order chi connectivity index (χ0) is 15.4. The average Bonchev–Trinajstić information content (AvgIpc) is 2.47. The molecule has 1 radical (unpaired) electrons. The van der Waals surface area contributed by atoms with Crippen LogP contribution < -0.4 is 9.47 Å². The number of halogens is 2. The third kappa shape index (κ3) is 4.56. The normalized spacial score (nSPS) is 15.6. The Morgan fingerprint density at radius 3 is 2.05 bits per heavy atom. The minimum absolute atomic E-state index is 0. The van der Waals surface area contributed by atoms with Gasteiger partial charge in [0, 0.05) is 18.9 Å². The number of rotatable bonds is 5. The van der Waals surface area contributed by atoms with Gasteiger partial charge in [0.25, 0.3) is 0 Å². The first-order valence-electron chi connectivity index (χ1n) is 6.99. The summed E-state index contributed by atoms with van der Waals surface area (Å²) in [4.78, 5) is 12.7. The second-order valence-electron chi connectivity index (χ2n) is 5.09.